The largest absolute Gasteiger partial charge is 0.480 e. The van der Waals surface area contributed by atoms with E-state index < -0.39 is 5.97 Å². The predicted molar refractivity (Wildman–Crippen MR) is 96.6 cm³/mol. The van der Waals surface area contributed by atoms with E-state index in [1.165, 1.54) is 5.56 Å². The van der Waals surface area contributed by atoms with Gasteiger partial charge in [0, 0.05) is 19.1 Å². The van der Waals surface area contributed by atoms with Gasteiger partial charge in [-0.3, -0.25) is 14.5 Å². The second-order valence-corrected chi connectivity index (χ2v) is 7.64. The molecular formula is C20H28N2O3. The summed E-state index contributed by atoms with van der Waals surface area (Å²) < 4.78 is 0. The van der Waals surface area contributed by atoms with Gasteiger partial charge in [0.15, 0.2) is 0 Å². The number of aryl methyl sites for hydroxylation is 1. The number of nitrogens with zero attached hydrogens (tertiary/aromatic N) is 2. The Kier molecular flexibility index (Phi) is 5.13. The van der Waals surface area contributed by atoms with Gasteiger partial charge >= 0.3 is 5.97 Å². The zero-order valence-electron chi connectivity index (χ0n) is 15.2. The average molecular weight is 344 g/mol. The SMILES string of the molecule is Cc1cccc(C2(C(=O)N3CCC(N(C)CC(=O)O)CC3)CCC2)c1. The number of likely N-dealkylation sites (tertiary alicyclic amines) is 1. The molecule has 1 aliphatic carbocycles. The van der Waals surface area contributed by atoms with E-state index in [1.54, 1.807) is 0 Å². The van der Waals surface area contributed by atoms with Crippen molar-refractivity contribution in [3.8, 4) is 0 Å². The minimum atomic E-state index is -0.797. The summed E-state index contributed by atoms with van der Waals surface area (Å²) >= 11 is 0. The molecule has 1 aliphatic heterocycles. The average Bonchev–Trinajstić information content (AvgIpc) is 2.53. The van der Waals surface area contributed by atoms with Crippen molar-refractivity contribution in [1.29, 1.82) is 0 Å². The number of hydrogen-bond donors (Lipinski definition) is 1. The molecular weight excluding hydrogens is 316 g/mol. The first kappa shape index (κ1) is 17.9. The fourth-order valence-corrected chi connectivity index (χ4v) is 4.25. The number of carboxylic acids is 1. The first-order valence-electron chi connectivity index (χ1n) is 9.21. The molecule has 2 aliphatic rings. The van der Waals surface area contributed by atoms with Crippen LogP contribution in [-0.4, -0.2) is 59.5 Å². The van der Waals surface area contributed by atoms with Crippen LogP contribution in [-0.2, 0) is 15.0 Å². The number of piperidine rings is 1. The Bertz CT molecular complexity index is 646. The molecule has 0 unspecified atom stereocenters. The maximum absolute atomic E-state index is 13.3. The van der Waals surface area contributed by atoms with Gasteiger partial charge in [-0.05, 0) is 45.2 Å². The van der Waals surface area contributed by atoms with Gasteiger partial charge in [0.05, 0.1) is 12.0 Å². The second kappa shape index (κ2) is 7.16. The molecule has 1 amide bonds. The van der Waals surface area contributed by atoms with Crippen molar-refractivity contribution in [2.24, 2.45) is 0 Å². The molecule has 1 aromatic carbocycles. The van der Waals surface area contributed by atoms with Crippen LogP contribution in [0.15, 0.2) is 24.3 Å². The molecule has 5 nitrogen and oxygen atoms in total. The molecule has 2 fully saturated rings. The van der Waals surface area contributed by atoms with E-state index in [0.717, 1.165) is 50.8 Å². The van der Waals surface area contributed by atoms with Crippen LogP contribution in [0.5, 0.6) is 0 Å². The first-order chi connectivity index (χ1) is 11.9. The zero-order chi connectivity index (χ0) is 18.0. The van der Waals surface area contributed by atoms with Crippen LogP contribution >= 0.6 is 0 Å². The quantitative estimate of drug-likeness (QED) is 0.891. The molecule has 0 spiro atoms. The van der Waals surface area contributed by atoms with Gasteiger partial charge in [-0.15, -0.1) is 0 Å². The van der Waals surface area contributed by atoms with E-state index in [4.69, 9.17) is 5.11 Å². The van der Waals surface area contributed by atoms with Gasteiger partial charge < -0.3 is 10.0 Å². The normalized spacial score (nSPS) is 20.4. The Morgan fingerprint density at radius 2 is 1.96 bits per heavy atom. The zero-order valence-corrected chi connectivity index (χ0v) is 15.2. The highest BCUT2D eigenvalue weighted by Gasteiger charge is 2.48. The number of carbonyl (C=O) groups excluding carboxylic acids is 1. The van der Waals surface area contributed by atoms with E-state index >= 15 is 0 Å². The summed E-state index contributed by atoms with van der Waals surface area (Å²) in [4.78, 5) is 28.1. The minimum absolute atomic E-state index is 0.0614. The molecule has 0 aromatic heterocycles. The highest BCUT2D eigenvalue weighted by atomic mass is 16.4. The smallest absolute Gasteiger partial charge is 0.317 e. The fraction of sp³-hybridized carbons (Fsp3) is 0.600. The van der Waals surface area contributed by atoms with Gasteiger partial charge in [-0.25, -0.2) is 0 Å². The Labute approximate surface area is 149 Å². The summed E-state index contributed by atoms with van der Waals surface area (Å²) in [6.45, 7) is 3.58. The fourth-order valence-electron chi connectivity index (χ4n) is 4.25. The molecule has 0 radical (unpaired) electrons. The van der Waals surface area contributed by atoms with Crippen molar-refractivity contribution in [1.82, 2.24) is 9.80 Å². The Balaban J connectivity index is 1.66. The van der Waals surface area contributed by atoms with Crippen molar-refractivity contribution in [2.45, 2.75) is 50.5 Å². The van der Waals surface area contributed by atoms with Gasteiger partial charge in [0.25, 0.3) is 0 Å². The monoisotopic (exact) mass is 344 g/mol. The van der Waals surface area contributed by atoms with Crippen LogP contribution in [0.25, 0.3) is 0 Å². The Morgan fingerprint density at radius 1 is 1.28 bits per heavy atom. The molecule has 3 rings (SSSR count). The molecule has 0 bridgehead atoms. The second-order valence-electron chi connectivity index (χ2n) is 7.64. The van der Waals surface area contributed by atoms with Gasteiger partial charge in [-0.2, -0.15) is 0 Å². The van der Waals surface area contributed by atoms with Gasteiger partial charge in [0.1, 0.15) is 0 Å². The Hall–Kier alpha value is -1.88. The molecule has 1 saturated carbocycles. The maximum Gasteiger partial charge on any atom is 0.317 e. The third-order valence-electron chi connectivity index (χ3n) is 5.95. The lowest BCUT2D eigenvalue weighted by Gasteiger charge is -2.46. The summed E-state index contributed by atoms with van der Waals surface area (Å²) in [6, 6.07) is 8.62. The summed E-state index contributed by atoms with van der Waals surface area (Å²) in [5, 5.41) is 8.94. The number of likely N-dealkylation sites (N-methyl/N-ethyl adjacent to an activating group) is 1. The van der Waals surface area contributed by atoms with Crippen molar-refractivity contribution < 1.29 is 14.7 Å². The topological polar surface area (TPSA) is 60.9 Å². The molecule has 0 atom stereocenters. The lowest BCUT2D eigenvalue weighted by molar-refractivity contribution is -0.144. The highest BCUT2D eigenvalue weighted by Crippen LogP contribution is 2.45. The van der Waals surface area contributed by atoms with Crippen molar-refractivity contribution in [3.05, 3.63) is 35.4 Å². The number of rotatable bonds is 5. The summed E-state index contributed by atoms with van der Waals surface area (Å²) in [5.41, 5.74) is 2.03. The molecule has 1 heterocycles. The summed E-state index contributed by atoms with van der Waals surface area (Å²) in [5.74, 6) is -0.530. The van der Waals surface area contributed by atoms with Crippen LogP contribution in [0.2, 0.25) is 0 Å². The molecule has 25 heavy (non-hydrogen) atoms. The molecule has 1 saturated heterocycles. The number of carboxylic acid groups (broad SMARTS) is 1. The molecule has 1 aromatic rings. The van der Waals surface area contributed by atoms with Crippen LogP contribution < -0.4 is 0 Å². The van der Waals surface area contributed by atoms with E-state index in [1.807, 2.05) is 22.9 Å². The summed E-state index contributed by atoms with van der Waals surface area (Å²) in [6.07, 6.45) is 4.68. The minimum Gasteiger partial charge on any atom is -0.480 e. The number of carbonyl (C=O) groups is 2. The van der Waals surface area contributed by atoms with E-state index in [0.29, 0.717) is 0 Å². The molecule has 1 N–H and O–H groups in total. The molecule has 5 heteroatoms. The Morgan fingerprint density at radius 3 is 2.48 bits per heavy atom. The lowest BCUT2D eigenvalue weighted by atomic mass is 9.63. The standard InChI is InChI=1S/C20H28N2O3/c1-15-5-3-6-16(13-15)20(9-4-10-20)19(25)22-11-7-17(8-12-22)21(2)14-18(23)24/h3,5-6,13,17H,4,7-12,14H2,1-2H3,(H,23,24). The summed E-state index contributed by atoms with van der Waals surface area (Å²) in [7, 11) is 1.86. The van der Waals surface area contributed by atoms with Crippen LogP contribution in [0, 0.1) is 6.92 Å². The predicted octanol–water partition coefficient (Wildman–Crippen LogP) is 2.42. The van der Waals surface area contributed by atoms with E-state index in [9.17, 15) is 9.59 Å². The number of aliphatic carboxylic acids is 1. The maximum atomic E-state index is 13.3. The highest BCUT2D eigenvalue weighted by molar-refractivity contribution is 5.89. The number of benzene rings is 1. The lowest BCUT2D eigenvalue weighted by Crippen LogP contribution is -2.55. The van der Waals surface area contributed by atoms with E-state index in [-0.39, 0.29) is 23.9 Å². The number of hydrogen-bond acceptors (Lipinski definition) is 3. The van der Waals surface area contributed by atoms with Crippen molar-refractivity contribution in [3.63, 3.8) is 0 Å². The third-order valence-corrected chi connectivity index (χ3v) is 5.95. The molecule has 136 valence electrons. The van der Waals surface area contributed by atoms with Gasteiger partial charge in [-0.1, -0.05) is 36.2 Å². The first-order valence-corrected chi connectivity index (χ1v) is 9.21. The third kappa shape index (κ3) is 3.56. The van der Waals surface area contributed by atoms with Crippen molar-refractivity contribution in [2.75, 3.05) is 26.7 Å². The van der Waals surface area contributed by atoms with Gasteiger partial charge in [0.2, 0.25) is 5.91 Å². The van der Waals surface area contributed by atoms with E-state index in [2.05, 4.69) is 25.1 Å². The number of amides is 1. The van der Waals surface area contributed by atoms with Crippen LogP contribution in [0.4, 0.5) is 0 Å². The van der Waals surface area contributed by atoms with Crippen molar-refractivity contribution >= 4 is 11.9 Å². The van der Waals surface area contributed by atoms with Crippen LogP contribution in [0.1, 0.15) is 43.2 Å². The van der Waals surface area contributed by atoms with Crippen LogP contribution in [0.3, 0.4) is 0 Å².